The third kappa shape index (κ3) is 4.39. The van der Waals surface area contributed by atoms with E-state index in [1.807, 2.05) is 0 Å². The molecule has 2 aromatic rings. The first-order chi connectivity index (χ1) is 12.9. The van der Waals surface area contributed by atoms with E-state index in [1.165, 1.54) is 17.4 Å². The van der Waals surface area contributed by atoms with Crippen LogP contribution < -0.4 is 14.9 Å². The number of nitrogens with one attached hydrogen (secondary N) is 2. The fourth-order valence-corrected chi connectivity index (χ4v) is 4.04. The third-order valence-electron chi connectivity index (χ3n) is 4.55. The summed E-state index contributed by atoms with van der Waals surface area (Å²) in [6, 6.07) is 8.13. The Morgan fingerprint density at radius 1 is 1.19 bits per heavy atom. The molecule has 144 valence electrons. The van der Waals surface area contributed by atoms with Gasteiger partial charge in [0.1, 0.15) is 5.82 Å². The maximum Gasteiger partial charge on any atom is 0.263 e. The number of carbonyl (C=O) groups is 1. The predicted molar refractivity (Wildman–Crippen MR) is 107 cm³/mol. The van der Waals surface area contributed by atoms with Gasteiger partial charge in [-0.2, -0.15) is 0 Å². The minimum atomic E-state index is -3.77. The summed E-state index contributed by atoms with van der Waals surface area (Å²) in [7, 11) is -2.09. The van der Waals surface area contributed by atoms with Gasteiger partial charge in [-0.3, -0.25) is 9.52 Å². The van der Waals surface area contributed by atoms with Crippen LogP contribution in [0.2, 0.25) is 0 Å². The Hall–Kier alpha value is -2.61. The zero-order valence-corrected chi connectivity index (χ0v) is 16.3. The zero-order chi connectivity index (χ0) is 19.4. The van der Waals surface area contributed by atoms with Gasteiger partial charge in [-0.05, 0) is 42.3 Å². The molecule has 0 radical (unpaired) electrons. The number of likely N-dealkylation sites (N-methyl/N-ethyl adjacent to an activating group) is 1. The van der Waals surface area contributed by atoms with E-state index in [0.717, 1.165) is 30.8 Å². The van der Waals surface area contributed by atoms with Crippen molar-refractivity contribution in [1.82, 2.24) is 4.98 Å². The molecule has 0 unspecified atom stereocenters. The molecule has 1 aliphatic rings. The lowest BCUT2D eigenvalue weighted by atomic mass is 10.2. The van der Waals surface area contributed by atoms with Crippen molar-refractivity contribution in [3.8, 4) is 0 Å². The summed E-state index contributed by atoms with van der Waals surface area (Å²) in [6.07, 6.45) is 5.24. The molecule has 0 aliphatic carbocycles. The highest BCUT2D eigenvalue weighted by Crippen LogP contribution is 2.30. The summed E-state index contributed by atoms with van der Waals surface area (Å²) < 4.78 is 27.7. The van der Waals surface area contributed by atoms with Crippen molar-refractivity contribution < 1.29 is 13.2 Å². The molecule has 0 spiro atoms. The Bertz CT molecular complexity index is 926. The third-order valence-corrected chi connectivity index (χ3v) is 5.90. The van der Waals surface area contributed by atoms with Crippen LogP contribution >= 0.6 is 0 Å². The number of nitrogens with zero attached hydrogens (tertiary/aromatic N) is 2. The molecule has 1 amide bonds. The van der Waals surface area contributed by atoms with Gasteiger partial charge in [0.2, 0.25) is 5.91 Å². The number of benzene rings is 1. The monoisotopic (exact) mass is 388 g/mol. The molecule has 2 N–H and O–H groups in total. The number of rotatable bonds is 8. The van der Waals surface area contributed by atoms with Crippen molar-refractivity contribution in [3.63, 3.8) is 0 Å². The van der Waals surface area contributed by atoms with Crippen LogP contribution in [0.3, 0.4) is 0 Å². The first-order valence-electron chi connectivity index (χ1n) is 9.03. The normalized spacial score (nSPS) is 13.6. The molecule has 3 rings (SSSR count). The molecule has 0 bridgehead atoms. The Labute approximate surface area is 159 Å². The Morgan fingerprint density at radius 2 is 2.00 bits per heavy atom. The molecular formula is C19H24N4O3S. The van der Waals surface area contributed by atoms with Crippen LogP contribution in [0.15, 0.2) is 41.4 Å². The largest absolute Gasteiger partial charge is 0.384 e. The van der Waals surface area contributed by atoms with E-state index in [2.05, 4.69) is 21.9 Å². The van der Waals surface area contributed by atoms with Gasteiger partial charge in [0.25, 0.3) is 10.0 Å². The molecule has 0 saturated heterocycles. The topological polar surface area (TPSA) is 91.4 Å². The number of aromatic nitrogens is 1. The highest BCUT2D eigenvalue weighted by atomic mass is 32.2. The number of unbranched alkanes of at least 4 members (excludes halogenated alkanes) is 2. The second-order valence-electron chi connectivity index (χ2n) is 6.59. The number of pyridine rings is 1. The van der Waals surface area contributed by atoms with Gasteiger partial charge in [-0.15, -0.1) is 0 Å². The summed E-state index contributed by atoms with van der Waals surface area (Å²) in [5, 5.41) is 3.26. The molecule has 0 saturated carbocycles. The van der Waals surface area contributed by atoms with Gasteiger partial charge < -0.3 is 10.2 Å². The number of sulfonamides is 1. The molecule has 1 aromatic heterocycles. The Kier molecular flexibility index (Phi) is 5.65. The quantitative estimate of drug-likeness (QED) is 0.679. The van der Waals surface area contributed by atoms with Crippen LogP contribution in [0, 0.1) is 0 Å². The van der Waals surface area contributed by atoms with Gasteiger partial charge >= 0.3 is 0 Å². The van der Waals surface area contributed by atoms with Crippen LogP contribution in [-0.4, -0.2) is 32.9 Å². The maximum absolute atomic E-state index is 12.6. The lowest BCUT2D eigenvalue weighted by molar-refractivity contribution is -0.117. The van der Waals surface area contributed by atoms with Gasteiger partial charge in [-0.1, -0.05) is 19.8 Å². The molecule has 1 aliphatic heterocycles. The van der Waals surface area contributed by atoms with Crippen molar-refractivity contribution in [1.29, 1.82) is 0 Å². The average Bonchev–Trinajstić information content (AvgIpc) is 2.93. The predicted octanol–water partition coefficient (Wildman–Crippen LogP) is 3.00. The highest BCUT2D eigenvalue weighted by Gasteiger charge is 2.26. The van der Waals surface area contributed by atoms with Gasteiger partial charge in [0.15, 0.2) is 0 Å². The van der Waals surface area contributed by atoms with E-state index < -0.39 is 10.0 Å². The number of amides is 1. The second kappa shape index (κ2) is 7.96. The second-order valence-corrected chi connectivity index (χ2v) is 8.27. The van der Waals surface area contributed by atoms with Crippen LogP contribution in [-0.2, 0) is 21.2 Å². The molecular weight excluding hydrogens is 364 g/mol. The SMILES string of the molecule is CCCCCNc1ccc(NS(=O)(=O)c2ccc3c(c2)CC(=O)N3C)nc1. The van der Waals surface area contributed by atoms with Crippen molar-refractivity contribution >= 4 is 33.1 Å². The molecule has 0 atom stereocenters. The van der Waals surface area contributed by atoms with Crippen molar-refractivity contribution in [2.75, 3.05) is 28.5 Å². The first kappa shape index (κ1) is 19.2. The minimum Gasteiger partial charge on any atom is -0.384 e. The van der Waals surface area contributed by atoms with E-state index in [4.69, 9.17) is 0 Å². The fraction of sp³-hybridized carbons (Fsp3) is 0.368. The first-order valence-corrected chi connectivity index (χ1v) is 10.5. The fourth-order valence-electron chi connectivity index (χ4n) is 2.98. The lowest BCUT2D eigenvalue weighted by Gasteiger charge is -2.12. The molecule has 8 heteroatoms. The average molecular weight is 388 g/mol. The van der Waals surface area contributed by atoms with Gasteiger partial charge in [0, 0.05) is 19.3 Å². The van der Waals surface area contributed by atoms with E-state index >= 15 is 0 Å². The van der Waals surface area contributed by atoms with Crippen LogP contribution in [0.4, 0.5) is 17.2 Å². The molecule has 2 heterocycles. The standard InChI is InChI=1S/C19H24N4O3S/c1-3-4-5-10-20-15-6-9-18(21-13-15)22-27(25,26)16-7-8-17-14(11-16)12-19(24)23(17)2/h6-9,11,13,20H,3-5,10,12H2,1-2H3,(H,21,22). The van der Waals surface area contributed by atoms with Crippen molar-refractivity contribution in [2.45, 2.75) is 37.5 Å². The smallest absolute Gasteiger partial charge is 0.263 e. The minimum absolute atomic E-state index is 0.0452. The van der Waals surface area contributed by atoms with Gasteiger partial charge in [-0.25, -0.2) is 13.4 Å². The lowest BCUT2D eigenvalue weighted by Crippen LogP contribution is -2.20. The number of hydrogen-bond donors (Lipinski definition) is 2. The Morgan fingerprint density at radius 3 is 2.70 bits per heavy atom. The summed E-state index contributed by atoms with van der Waals surface area (Å²) in [5.41, 5.74) is 2.31. The van der Waals surface area contributed by atoms with Crippen molar-refractivity contribution in [2.24, 2.45) is 0 Å². The van der Waals surface area contributed by atoms with E-state index in [0.29, 0.717) is 5.56 Å². The van der Waals surface area contributed by atoms with E-state index in [1.54, 1.807) is 37.5 Å². The maximum atomic E-state index is 12.6. The van der Waals surface area contributed by atoms with Crippen LogP contribution in [0.5, 0.6) is 0 Å². The van der Waals surface area contributed by atoms with E-state index in [-0.39, 0.29) is 23.0 Å². The molecule has 1 aromatic carbocycles. The van der Waals surface area contributed by atoms with Gasteiger partial charge in [0.05, 0.1) is 23.2 Å². The summed E-state index contributed by atoms with van der Waals surface area (Å²) in [6.45, 7) is 3.02. The molecule has 7 nitrogen and oxygen atoms in total. The Balaban J connectivity index is 1.68. The zero-order valence-electron chi connectivity index (χ0n) is 15.5. The number of fused-ring (bicyclic) bond motifs is 1. The summed E-state index contributed by atoms with van der Waals surface area (Å²) in [4.78, 5) is 17.6. The summed E-state index contributed by atoms with van der Waals surface area (Å²) >= 11 is 0. The van der Waals surface area contributed by atoms with Crippen LogP contribution in [0.25, 0.3) is 0 Å². The summed E-state index contributed by atoms with van der Waals surface area (Å²) in [5.74, 6) is 0.207. The molecule has 27 heavy (non-hydrogen) atoms. The molecule has 0 fully saturated rings. The van der Waals surface area contributed by atoms with E-state index in [9.17, 15) is 13.2 Å². The highest BCUT2D eigenvalue weighted by molar-refractivity contribution is 7.92. The number of hydrogen-bond acceptors (Lipinski definition) is 5. The number of carbonyl (C=O) groups excluding carboxylic acids is 1. The van der Waals surface area contributed by atoms with Crippen LogP contribution in [0.1, 0.15) is 31.7 Å². The number of anilines is 3. The van der Waals surface area contributed by atoms with Crippen molar-refractivity contribution in [3.05, 3.63) is 42.1 Å².